The molecule has 0 radical (unpaired) electrons. The second-order valence-electron chi connectivity index (χ2n) is 5.89. The molecule has 0 aromatic carbocycles. The van der Waals surface area contributed by atoms with E-state index in [0.717, 1.165) is 6.61 Å². The lowest BCUT2D eigenvalue weighted by molar-refractivity contribution is -0.0802. The van der Waals surface area contributed by atoms with E-state index < -0.39 is 0 Å². The summed E-state index contributed by atoms with van der Waals surface area (Å²) in [7, 11) is 0. The van der Waals surface area contributed by atoms with E-state index in [9.17, 15) is 0 Å². The topological polar surface area (TPSA) is 21.3 Å². The molecule has 76 valence electrons. The molecule has 0 bridgehead atoms. The van der Waals surface area contributed by atoms with Crippen LogP contribution in [0.3, 0.4) is 0 Å². The SMILES string of the molecule is CC1(C)COC2C(CCC2(C)C)N1. The molecule has 1 aliphatic heterocycles. The average Bonchev–Trinajstić information content (AvgIpc) is 2.24. The van der Waals surface area contributed by atoms with Crippen molar-refractivity contribution in [1.82, 2.24) is 5.32 Å². The summed E-state index contributed by atoms with van der Waals surface area (Å²) in [6, 6.07) is 0.582. The Balaban J connectivity index is 2.11. The van der Waals surface area contributed by atoms with Gasteiger partial charge < -0.3 is 10.1 Å². The molecule has 2 rings (SSSR count). The fraction of sp³-hybridized carbons (Fsp3) is 1.00. The zero-order chi connectivity index (χ0) is 9.69. The molecule has 2 fully saturated rings. The van der Waals surface area contributed by atoms with E-state index in [2.05, 4.69) is 33.0 Å². The number of hydrogen-bond acceptors (Lipinski definition) is 2. The van der Waals surface area contributed by atoms with Crippen LogP contribution in [-0.4, -0.2) is 24.3 Å². The molecule has 2 unspecified atom stereocenters. The van der Waals surface area contributed by atoms with Gasteiger partial charge in [-0.05, 0) is 32.1 Å². The normalized spacial score (nSPS) is 41.5. The highest BCUT2D eigenvalue weighted by atomic mass is 16.5. The second-order valence-corrected chi connectivity index (χ2v) is 5.89. The molecular weight excluding hydrogens is 162 g/mol. The van der Waals surface area contributed by atoms with Gasteiger partial charge in [-0.3, -0.25) is 0 Å². The Morgan fingerprint density at radius 1 is 1.23 bits per heavy atom. The fourth-order valence-electron chi connectivity index (χ4n) is 2.70. The minimum Gasteiger partial charge on any atom is -0.374 e. The van der Waals surface area contributed by atoms with Crippen molar-refractivity contribution in [3.8, 4) is 0 Å². The van der Waals surface area contributed by atoms with Crippen molar-refractivity contribution in [3.05, 3.63) is 0 Å². The van der Waals surface area contributed by atoms with Gasteiger partial charge in [-0.15, -0.1) is 0 Å². The molecule has 1 aliphatic carbocycles. The molecule has 2 atom stereocenters. The molecule has 1 saturated carbocycles. The van der Waals surface area contributed by atoms with Gasteiger partial charge in [0, 0.05) is 11.6 Å². The van der Waals surface area contributed by atoms with Crippen LogP contribution in [0.25, 0.3) is 0 Å². The lowest BCUT2D eigenvalue weighted by Gasteiger charge is -2.42. The largest absolute Gasteiger partial charge is 0.374 e. The minimum absolute atomic E-state index is 0.168. The maximum absolute atomic E-state index is 5.97. The molecule has 2 aliphatic rings. The zero-order valence-corrected chi connectivity index (χ0v) is 9.18. The van der Waals surface area contributed by atoms with E-state index in [1.165, 1.54) is 12.8 Å². The first-order valence-electron chi connectivity index (χ1n) is 5.30. The highest BCUT2D eigenvalue weighted by Crippen LogP contribution is 2.42. The summed E-state index contributed by atoms with van der Waals surface area (Å²) >= 11 is 0. The maximum atomic E-state index is 5.97. The third kappa shape index (κ3) is 1.62. The van der Waals surface area contributed by atoms with Crippen LogP contribution in [0.2, 0.25) is 0 Å². The van der Waals surface area contributed by atoms with E-state index >= 15 is 0 Å². The minimum atomic E-state index is 0.168. The molecule has 0 spiro atoms. The number of rotatable bonds is 0. The van der Waals surface area contributed by atoms with Crippen LogP contribution in [0.4, 0.5) is 0 Å². The van der Waals surface area contributed by atoms with E-state index in [0.29, 0.717) is 17.6 Å². The molecule has 0 amide bonds. The maximum Gasteiger partial charge on any atom is 0.0779 e. The number of hydrogen-bond donors (Lipinski definition) is 1. The first kappa shape index (κ1) is 9.47. The van der Waals surface area contributed by atoms with Crippen molar-refractivity contribution in [1.29, 1.82) is 0 Å². The predicted octanol–water partition coefficient (Wildman–Crippen LogP) is 1.94. The molecule has 1 heterocycles. The summed E-state index contributed by atoms with van der Waals surface area (Å²) in [6.45, 7) is 9.91. The van der Waals surface area contributed by atoms with Crippen LogP contribution in [0, 0.1) is 5.41 Å². The van der Waals surface area contributed by atoms with Gasteiger partial charge in [0.25, 0.3) is 0 Å². The van der Waals surface area contributed by atoms with Crippen molar-refractivity contribution in [3.63, 3.8) is 0 Å². The molecule has 13 heavy (non-hydrogen) atoms. The van der Waals surface area contributed by atoms with Gasteiger partial charge in [-0.25, -0.2) is 0 Å². The third-order valence-corrected chi connectivity index (χ3v) is 3.44. The van der Waals surface area contributed by atoms with E-state index in [4.69, 9.17) is 4.74 Å². The lowest BCUT2D eigenvalue weighted by atomic mass is 9.87. The van der Waals surface area contributed by atoms with Gasteiger partial charge in [0.15, 0.2) is 0 Å². The first-order chi connectivity index (χ1) is 5.91. The summed E-state index contributed by atoms with van der Waals surface area (Å²) in [5, 5.41) is 3.69. The second kappa shape index (κ2) is 2.71. The summed E-state index contributed by atoms with van der Waals surface area (Å²) in [5.41, 5.74) is 0.537. The molecule has 0 aromatic heterocycles. The van der Waals surface area contributed by atoms with Crippen LogP contribution < -0.4 is 5.32 Å². The van der Waals surface area contributed by atoms with Crippen LogP contribution in [0.1, 0.15) is 40.5 Å². The fourth-order valence-corrected chi connectivity index (χ4v) is 2.70. The molecule has 2 heteroatoms. The van der Waals surface area contributed by atoms with Crippen molar-refractivity contribution in [2.24, 2.45) is 5.41 Å². The van der Waals surface area contributed by atoms with Gasteiger partial charge >= 0.3 is 0 Å². The average molecular weight is 183 g/mol. The Hall–Kier alpha value is -0.0800. The van der Waals surface area contributed by atoms with Crippen molar-refractivity contribution in [2.45, 2.75) is 58.2 Å². The smallest absolute Gasteiger partial charge is 0.0779 e. The van der Waals surface area contributed by atoms with Gasteiger partial charge in [0.05, 0.1) is 12.7 Å². The first-order valence-corrected chi connectivity index (χ1v) is 5.30. The predicted molar refractivity (Wildman–Crippen MR) is 53.8 cm³/mol. The van der Waals surface area contributed by atoms with Crippen LogP contribution >= 0.6 is 0 Å². The Kier molecular flexibility index (Phi) is 1.97. The standard InChI is InChI=1S/C11H21NO/c1-10(2)6-5-8-9(10)13-7-11(3,4)12-8/h8-9,12H,5-7H2,1-4H3. The molecule has 2 nitrogen and oxygen atoms in total. The molecular formula is C11H21NO. The summed E-state index contributed by atoms with van der Waals surface area (Å²) < 4.78 is 5.97. The Morgan fingerprint density at radius 3 is 2.62 bits per heavy atom. The van der Waals surface area contributed by atoms with Crippen LogP contribution in [0.5, 0.6) is 0 Å². The van der Waals surface area contributed by atoms with E-state index in [1.54, 1.807) is 0 Å². The number of morpholine rings is 1. The van der Waals surface area contributed by atoms with Gasteiger partial charge in [-0.2, -0.15) is 0 Å². The van der Waals surface area contributed by atoms with Crippen molar-refractivity contribution < 1.29 is 4.74 Å². The van der Waals surface area contributed by atoms with Crippen molar-refractivity contribution >= 4 is 0 Å². The summed E-state index contributed by atoms with van der Waals surface area (Å²) in [6.07, 6.45) is 2.98. The van der Waals surface area contributed by atoms with Crippen molar-refractivity contribution in [2.75, 3.05) is 6.61 Å². The van der Waals surface area contributed by atoms with E-state index in [-0.39, 0.29) is 5.54 Å². The summed E-state index contributed by atoms with van der Waals surface area (Å²) in [4.78, 5) is 0. The third-order valence-electron chi connectivity index (χ3n) is 3.44. The molecule has 1 N–H and O–H groups in total. The number of fused-ring (bicyclic) bond motifs is 1. The highest BCUT2D eigenvalue weighted by molar-refractivity contribution is 5.02. The number of nitrogens with one attached hydrogen (secondary N) is 1. The molecule has 0 aromatic rings. The number of ether oxygens (including phenoxy) is 1. The molecule has 1 saturated heterocycles. The quantitative estimate of drug-likeness (QED) is 0.619. The van der Waals surface area contributed by atoms with Crippen LogP contribution in [-0.2, 0) is 4.74 Å². The Bertz CT molecular complexity index is 210. The van der Waals surface area contributed by atoms with Gasteiger partial charge in [0.2, 0.25) is 0 Å². The zero-order valence-electron chi connectivity index (χ0n) is 9.18. The summed E-state index contributed by atoms with van der Waals surface area (Å²) in [5.74, 6) is 0. The monoisotopic (exact) mass is 183 g/mol. The van der Waals surface area contributed by atoms with Gasteiger partial charge in [-0.1, -0.05) is 13.8 Å². The Morgan fingerprint density at radius 2 is 1.92 bits per heavy atom. The van der Waals surface area contributed by atoms with Crippen LogP contribution in [0.15, 0.2) is 0 Å². The van der Waals surface area contributed by atoms with E-state index in [1.807, 2.05) is 0 Å². The highest BCUT2D eigenvalue weighted by Gasteiger charge is 2.47. The lowest BCUT2D eigenvalue weighted by Crippen LogP contribution is -2.59. The Labute approximate surface area is 81.0 Å². The van der Waals surface area contributed by atoms with Gasteiger partial charge in [0.1, 0.15) is 0 Å².